The van der Waals surface area contributed by atoms with Crippen molar-refractivity contribution in [2.24, 2.45) is 0 Å². The maximum Gasteiger partial charge on any atom is 0.410 e. The van der Waals surface area contributed by atoms with E-state index in [-0.39, 0.29) is 24.2 Å². The fraction of sp³-hybridized carbons (Fsp3) is 0.579. The molecule has 6 nitrogen and oxygen atoms in total. The highest BCUT2D eigenvalue weighted by Crippen LogP contribution is 2.34. The van der Waals surface area contributed by atoms with Crippen molar-refractivity contribution in [3.05, 3.63) is 35.4 Å². The van der Waals surface area contributed by atoms with E-state index in [2.05, 4.69) is 4.90 Å². The van der Waals surface area contributed by atoms with Crippen molar-refractivity contribution >= 4 is 12.1 Å². The Bertz CT molecular complexity index is 654. The number of nitrogens with zero attached hydrogens (tertiary/aromatic N) is 2. The van der Waals surface area contributed by atoms with Crippen molar-refractivity contribution in [1.82, 2.24) is 9.80 Å². The summed E-state index contributed by atoms with van der Waals surface area (Å²) in [6.45, 7) is 2.43. The zero-order valence-corrected chi connectivity index (χ0v) is 14.5. The third-order valence-electron chi connectivity index (χ3n) is 5.63. The molecule has 0 radical (unpaired) electrons. The van der Waals surface area contributed by atoms with Gasteiger partial charge in [0.05, 0.1) is 18.7 Å². The maximum atomic E-state index is 12.2. The van der Waals surface area contributed by atoms with Crippen molar-refractivity contribution < 1.29 is 19.1 Å². The van der Waals surface area contributed by atoms with Crippen molar-refractivity contribution in [1.29, 1.82) is 0 Å². The lowest BCUT2D eigenvalue weighted by Gasteiger charge is -2.27. The highest BCUT2D eigenvalue weighted by atomic mass is 16.6. The molecule has 2 atom stereocenters. The van der Waals surface area contributed by atoms with E-state index in [0.717, 1.165) is 38.0 Å². The van der Waals surface area contributed by atoms with Gasteiger partial charge in [0.2, 0.25) is 0 Å². The number of fused-ring (bicyclic) bond motifs is 1. The predicted molar refractivity (Wildman–Crippen MR) is 91.2 cm³/mol. The lowest BCUT2D eigenvalue weighted by molar-refractivity contribution is 0.0600. The van der Waals surface area contributed by atoms with Gasteiger partial charge in [-0.25, -0.2) is 9.59 Å². The maximum absolute atomic E-state index is 12.2. The number of carbonyl (C=O) groups excluding carboxylic acids is 2. The molecule has 1 saturated carbocycles. The molecule has 0 spiro atoms. The van der Waals surface area contributed by atoms with E-state index in [1.165, 1.54) is 20.0 Å². The average Bonchev–Trinajstić information content (AvgIpc) is 3.31. The Morgan fingerprint density at radius 1 is 1.20 bits per heavy atom. The van der Waals surface area contributed by atoms with Crippen LogP contribution in [0.4, 0.5) is 4.79 Å². The minimum atomic E-state index is -0.318. The normalized spacial score (nSPS) is 26.8. The fourth-order valence-corrected chi connectivity index (χ4v) is 4.40. The standard InChI is InChI=1S/C19H24N2O4/c1-24-18(22)14-8-6-13(7-9-14)10-20-11-16-17(12-20)25-19(23)21(16)15-4-2-3-5-15/h6-9,15-17H,2-5,10-12H2,1H3/t16-,17+/m1/s1. The van der Waals surface area contributed by atoms with E-state index in [4.69, 9.17) is 9.47 Å². The van der Waals surface area contributed by atoms with Gasteiger partial charge in [-0.1, -0.05) is 25.0 Å². The molecule has 3 fully saturated rings. The van der Waals surface area contributed by atoms with Crippen molar-refractivity contribution in [3.63, 3.8) is 0 Å². The topological polar surface area (TPSA) is 59.1 Å². The molecule has 2 heterocycles. The molecule has 0 aromatic heterocycles. The van der Waals surface area contributed by atoms with Gasteiger partial charge >= 0.3 is 12.1 Å². The molecule has 2 saturated heterocycles. The average molecular weight is 344 g/mol. The largest absolute Gasteiger partial charge is 0.465 e. The van der Waals surface area contributed by atoms with E-state index in [0.29, 0.717) is 11.6 Å². The first-order valence-electron chi connectivity index (χ1n) is 9.04. The number of hydrogen-bond acceptors (Lipinski definition) is 5. The van der Waals surface area contributed by atoms with Crippen LogP contribution in [0, 0.1) is 0 Å². The van der Waals surface area contributed by atoms with Crippen LogP contribution < -0.4 is 0 Å². The second-order valence-corrected chi connectivity index (χ2v) is 7.22. The number of rotatable bonds is 4. The summed E-state index contributed by atoms with van der Waals surface area (Å²) in [5.41, 5.74) is 1.71. The smallest absolute Gasteiger partial charge is 0.410 e. The molecule has 1 aromatic rings. The molecule has 3 aliphatic rings. The molecule has 25 heavy (non-hydrogen) atoms. The number of ether oxygens (including phenoxy) is 2. The van der Waals surface area contributed by atoms with Crippen molar-refractivity contribution in [2.45, 2.75) is 50.4 Å². The molecule has 1 aromatic carbocycles. The monoisotopic (exact) mass is 344 g/mol. The Labute approximate surface area is 147 Å². The number of esters is 1. The van der Waals surface area contributed by atoms with Gasteiger partial charge in [0.1, 0.15) is 6.10 Å². The van der Waals surface area contributed by atoms with Crippen LogP contribution in [0.15, 0.2) is 24.3 Å². The Morgan fingerprint density at radius 3 is 2.60 bits per heavy atom. The van der Waals surface area contributed by atoms with Crippen LogP contribution in [0.3, 0.4) is 0 Å². The highest BCUT2D eigenvalue weighted by Gasteiger charge is 2.50. The number of methoxy groups -OCH3 is 1. The number of amides is 1. The highest BCUT2D eigenvalue weighted by molar-refractivity contribution is 5.89. The molecule has 0 bridgehead atoms. The molecule has 2 aliphatic heterocycles. The number of benzene rings is 1. The lowest BCUT2D eigenvalue weighted by Crippen LogP contribution is -2.43. The fourth-order valence-electron chi connectivity index (χ4n) is 4.40. The van der Waals surface area contributed by atoms with E-state index in [1.54, 1.807) is 12.1 Å². The quantitative estimate of drug-likeness (QED) is 0.785. The van der Waals surface area contributed by atoms with Crippen LogP contribution in [-0.4, -0.2) is 60.2 Å². The first-order valence-corrected chi connectivity index (χ1v) is 9.04. The Morgan fingerprint density at radius 2 is 1.92 bits per heavy atom. The van der Waals surface area contributed by atoms with Gasteiger partial charge in [-0.2, -0.15) is 0 Å². The van der Waals surface area contributed by atoms with E-state index in [9.17, 15) is 9.59 Å². The van der Waals surface area contributed by atoms with Crippen molar-refractivity contribution in [2.75, 3.05) is 20.2 Å². The van der Waals surface area contributed by atoms with Gasteiger partial charge < -0.3 is 9.47 Å². The number of carbonyl (C=O) groups is 2. The van der Waals surface area contributed by atoms with Crippen molar-refractivity contribution in [3.8, 4) is 0 Å². The summed E-state index contributed by atoms with van der Waals surface area (Å²) in [4.78, 5) is 28.1. The molecule has 1 amide bonds. The first-order chi connectivity index (χ1) is 12.2. The molecule has 1 aliphatic carbocycles. The minimum absolute atomic E-state index is 0.0116. The summed E-state index contributed by atoms with van der Waals surface area (Å²) >= 11 is 0. The van der Waals surface area contributed by atoms with E-state index < -0.39 is 0 Å². The summed E-state index contributed by atoms with van der Waals surface area (Å²) in [7, 11) is 1.39. The molecular formula is C19H24N2O4. The molecular weight excluding hydrogens is 320 g/mol. The summed E-state index contributed by atoms with van der Waals surface area (Å²) in [5, 5.41) is 0. The zero-order valence-electron chi connectivity index (χ0n) is 14.5. The summed E-state index contributed by atoms with van der Waals surface area (Å²) < 4.78 is 10.4. The third kappa shape index (κ3) is 3.11. The second-order valence-electron chi connectivity index (χ2n) is 7.22. The SMILES string of the molecule is COC(=O)c1ccc(CN2C[C@@H]3OC(=O)N(C4CCCC4)[C@@H]3C2)cc1. The van der Waals surface area contributed by atoms with Gasteiger partial charge in [0.15, 0.2) is 0 Å². The van der Waals surface area contributed by atoms with Crippen LogP contribution in [0.2, 0.25) is 0 Å². The first kappa shape index (κ1) is 16.4. The molecule has 0 unspecified atom stereocenters. The van der Waals surface area contributed by atoms with Crippen LogP contribution >= 0.6 is 0 Å². The van der Waals surface area contributed by atoms with Crippen LogP contribution in [0.25, 0.3) is 0 Å². The third-order valence-corrected chi connectivity index (χ3v) is 5.63. The summed E-state index contributed by atoms with van der Waals surface area (Å²) in [5.74, 6) is -0.318. The second kappa shape index (κ2) is 6.67. The van der Waals surface area contributed by atoms with E-state index >= 15 is 0 Å². The lowest BCUT2D eigenvalue weighted by atomic mass is 10.1. The number of likely N-dealkylation sites (tertiary alicyclic amines) is 1. The number of hydrogen-bond donors (Lipinski definition) is 0. The molecule has 4 rings (SSSR count). The molecule has 6 heteroatoms. The van der Waals surface area contributed by atoms with Crippen LogP contribution in [0.5, 0.6) is 0 Å². The minimum Gasteiger partial charge on any atom is -0.465 e. The summed E-state index contributed by atoms with van der Waals surface area (Å²) in [6.07, 6.45) is 4.50. The van der Waals surface area contributed by atoms with Crippen LogP contribution in [-0.2, 0) is 16.0 Å². The van der Waals surface area contributed by atoms with Gasteiger partial charge in [0, 0.05) is 25.7 Å². The van der Waals surface area contributed by atoms with Gasteiger partial charge in [-0.3, -0.25) is 9.80 Å². The van der Waals surface area contributed by atoms with E-state index in [1.807, 2.05) is 17.0 Å². The Balaban J connectivity index is 1.39. The summed E-state index contributed by atoms with van der Waals surface area (Å²) in [6, 6.07) is 8.06. The molecule has 134 valence electrons. The van der Waals surface area contributed by atoms with Gasteiger partial charge in [0.25, 0.3) is 0 Å². The predicted octanol–water partition coefficient (Wildman–Crippen LogP) is 2.42. The van der Waals surface area contributed by atoms with Gasteiger partial charge in [-0.05, 0) is 30.5 Å². The van der Waals surface area contributed by atoms with Crippen LogP contribution in [0.1, 0.15) is 41.6 Å². The molecule has 0 N–H and O–H groups in total. The zero-order chi connectivity index (χ0) is 17.4. The Kier molecular flexibility index (Phi) is 4.37. The van der Waals surface area contributed by atoms with Gasteiger partial charge in [-0.15, -0.1) is 0 Å². The Hall–Kier alpha value is -2.08.